The maximum Gasteiger partial charge on any atom is 0.413 e. The van der Waals surface area contributed by atoms with Crippen LogP contribution in [-0.4, -0.2) is 49.4 Å². The third kappa shape index (κ3) is 3.91. The molecular weight excluding hydrogens is 306 g/mol. The summed E-state index contributed by atoms with van der Waals surface area (Å²) in [6.07, 6.45) is -0.771. The molecule has 0 spiro atoms. The molecule has 1 aromatic carbocycles. The first-order valence-electron chi connectivity index (χ1n) is 6.87. The third-order valence-corrected chi connectivity index (χ3v) is 3.35. The maximum absolute atomic E-state index is 12.4. The Morgan fingerprint density at radius 2 is 1.91 bits per heavy atom. The second-order valence-electron chi connectivity index (χ2n) is 4.88. The van der Waals surface area contributed by atoms with Crippen LogP contribution in [0.3, 0.4) is 0 Å². The van der Waals surface area contributed by atoms with Gasteiger partial charge < -0.3 is 23.8 Å². The zero-order valence-corrected chi connectivity index (χ0v) is 13.0. The number of carbonyl (C=O) groups excluding carboxylic acids is 3. The number of likely N-dealkylation sites (N-methyl/N-ethyl adjacent to an activating group) is 1. The van der Waals surface area contributed by atoms with E-state index in [0.717, 1.165) is 4.90 Å². The molecule has 1 aliphatic rings. The summed E-state index contributed by atoms with van der Waals surface area (Å²) < 4.78 is 19.7. The van der Waals surface area contributed by atoms with Crippen LogP contribution in [0.5, 0.6) is 11.5 Å². The SMILES string of the molecule is CC(=O)OCOC(=O)N(C)C(C)C(=O)c1ccc2c(c1)OCO2. The Morgan fingerprint density at radius 3 is 2.61 bits per heavy atom. The minimum absolute atomic E-state index is 0.116. The molecule has 0 N–H and O–H groups in total. The van der Waals surface area contributed by atoms with E-state index in [1.54, 1.807) is 25.1 Å². The first-order valence-corrected chi connectivity index (χ1v) is 6.87. The smallest absolute Gasteiger partial charge is 0.413 e. The van der Waals surface area contributed by atoms with Crippen molar-refractivity contribution in [3.63, 3.8) is 0 Å². The van der Waals surface area contributed by atoms with E-state index in [4.69, 9.17) is 14.2 Å². The standard InChI is InChI=1S/C15H17NO7/c1-9(16(3)15(19)23-7-20-10(2)17)14(18)11-4-5-12-13(6-11)22-8-21-12/h4-6,9H,7-8H2,1-3H3. The minimum atomic E-state index is -0.771. The van der Waals surface area contributed by atoms with E-state index in [1.807, 2.05) is 0 Å². The highest BCUT2D eigenvalue weighted by molar-refractivity contribution is 6.01. The normalized spacial score (nSPS) is 13.2. The molecule has 0 bridgehead atoms. The largest absolute Gasteiger partial charge is 0.454 e. The second kappa shape index (κ2) is 6.99. The molecule has 1 aromatic rings. The van der Waals surface area contributed by atoms with Crippen molar-refractivity contribution in [1.29, 1.82) is 0 Å². The van der Waals surface area contributed by atoms with Crippen LogP contribution < -0.4 is 9.47 Å². The lowest BCUT2D eigenvalue weighted by molar-refractivity contribution is -0.149. The van der Waals surface area contributed by atoms with Crippen LogP contribution in [0, 0.1) is 0 Å². The summed E-state index contributed by atoms with van der Waals surface area (Å²) in [7, 11) is 1.42. The van der Waals surface area contributed by atoms with E-state index in [1.165, 1.54) is 14.0 Å². The highest BCUT2D eigenvalue weighted by Crippen LogP contribution is 2.32. The molecule has 1 amide bonds. The average molecular weight is 323 g/mol. The Hall–Kier alpha value is -2.77. The average Bonchev–Trinajstić information content (AvgIpc) is 2.99. The van der Waals surface area contributed by atoms with Gasteiger partial charge in [0.2, 0.25) is 13.6 Å². The van der Waals surface area contributed by atoms with Crippen molar-refractivity contribution in [1.82, 2.24) is 4.90 Å². The Balaban J connectivity index is 1.98. The topological polar surface area (TPSA) is 91.4 Å². The van der Waals surface area contributed by atoms with Crippen LogP contribution in [-0.2, 0) is 14.3 Å². The van der Waals surface area contributed by atoms with Crippen molar-refractivity contribution in [2.75, 3.05) is 20.6 Å². The van der Waals surface area contributed by atoms with Crippen LogP contribution in [0.4, 0.5) is 4.79 Å². The predicted octanol–water partition coefficient (Wildman–Crippen LogP) is 1.58. The molecule has 1 heterocycles. The lowest BCUT2D eigenvalue weighted by Crippen LogP contribution is -2.41. The van der Waals surface area contributed by atoms with Gasteiger partial charge in [0, 0.05) is 19.5 Å². The number of esters is 1. The quantitative estimate of drug-likeness (QED) is 0.461. The lowest BCUT2D eigenvalue weighted by Gasteiger charge is -2.23. The summed E-state index contributed by atoms with van der Waals surface area (Å²) in [6.45, 7) is 2.39. The van der Waals surface area contributed by atoms with Crippen molar-refractivity contribution >= 4 is 17.8 Å². The van der Waals surface area contributed by atoms with Gasteiger partial charge in [-0.1, -0.05) is 0 Å². The zero-order chi connectivity index (χ0) is 17.0. The fourth-order valence-electron chi connectivity index (χ4n) is 1.89. The monoisotopic (exact) mass is 323 g/mol. The number of Topliss-reactive ketones (excluding diaryl/α,β-unsaturated/α-hetero) is 1. The highest BCUT2D eigenvalue weighted by atomic mass is 16.7. The summed E-state index contributed by atoms with van der Waals surface area (Å²) >= 11 is 0. The molecule has 0 saturated heterocycles. The van der Waals surface area contributed by atoms with Gasteiger partial charge in [0.25, 0.3) is 0 Å². The number of benzene rings is 1. The number of amides is 1. The second-order valence-corrected chi connectivity index (χ2v) is 4.88. The number of nitrogens with zero attached hydrogens (tertiary/aromatic N) is 1. The number of carbonyl (C=O) groups is 3. The van der Waals surface area contributed by atoms with E-state index >= 15 is 0 Å². The number of ketones is 1. The molecule has 23 heavy (non-hydrogen) atoms. The first kappa shape index (κ1) is 16.6. The summed E-state index contributed by atoms with van der Waals surface area (Å²) in [6, 6.07) is 4.05. The van der Waals surface area contributed by atoms with Crippen LogP contribution in [0.1, 0.15) is 24.2 Å². The van der Waals surface area contributed by atoms with Gasteiger partial charge in [0.15, 0.2) is 17.3 Å². The third-order valence-electron chi connectivity index (χ3n) is 3.35. The van der Waals surface area contributed by atoms with Crippen LogP contribution in [0.15, 0.2) is 18.2 Å². The molecule has 1 aliphatic heterocycles. The van der Waals surface area contributed by atoms with Gasteiger partial charge in [-0.2, -0.15) is 0 Å². The van der Waals surface area contributed by atoms with Gasteiger partial charge in [-0.05, 0) is 25.1 Å². The molecule has 8 nitrogen and oxygen atoms in total. The first-order chi connectivity index (χ1) is 10.9. The summed E-state index contributed by atoms with van der Waals surface area (Å²) in [5.74, 6) is 0.215. The summed E-state index contributed by atoms with van der Waals surface area (Å²) in [4.78, 5) is 36.0. The molecule has 0 saturated carbocycles. The summed E-state index contributed by atoms with van der Waals surface area (Å²) in [5.41, 5.74) is 0.390. The van der Waals surface area contributed by atoms with Crippen LogP contribution >= 0.6 is 0 Å². The van der Waals surface area contributed by atoms with E-state index in [9.17, 15) is 14.4 Å². The van der Waals surface area contributed by atoms with Gasteiger partial charge >= 0.3 is 12.1 Å². The van der Waals surface area contributed by atoms with Crippen molar-refractivity contribution in [3.8, 4) is 11.5 Å². The van der Waals surface area contributed by atoms with Crippen molar-refractivity contribution in [2.45, 2.75) is 19.9 Å². The van der Waals surface area contributed by atoms with Crippen LogP contribution in [0.2, 0.25) is 0 Å². The number of fused-ring (bicyclic) bond motifs is 1. The molecule has 0 fully saturated rings. The summed E-state index contributed by atoms with van der Waals surface area (Å²) in [5, 5.41) is 0. The zero-order valence-electron chi connectivity index (χ0n) is 13.0. The molecule has 0 aliphatic carbocycles. The van der Waals surface area contributed by atoms with Crippen LogP contribution in [0.25, 0.3) is 0 Å². The Kier molecular flexibility index (Phi) is 5.05. The molecule has 8 heteroatoms. The van der Waals surface area contributed by atoms with Gasteiger partial charge in [0.1, 0.15) is 0 Å². The Morgan fingerprint density at radius 1 is 1.22 bits per heavy atom. The van der Waals surface area contributed by atoms with Gasteiger partial charge in [0.05, 0.1) is 6.04 Å². The lowest BCUT2D eigenvalue weighted by atomic mass is 10.0. The van der Waals surface area contributed by atoms with E-state index < -0.39 is 24.9 Å². The van der Waals surface area contributed by atoms with E-state index in [0.29, 0.717) is 17.1 Å². The minimum Gasteiger partial charge on any atom is -0.454 e. The van der Waals surface area contributed by atoms with E-state index in [2.05, 4.69) is 4.74 Å². The number of hydrogen-bond donors (Lipinski definition) is 0. The number of ether oxygens (including phenoxy) is 4. The molecule has 2 rings (SSSR count). The van der Waals surface area contributed by atoms with Crippen molar-refractivity contribution in [3.05, 3.63) is 23.8 Å². The molecule has 1 atom stereocenters. The molecule has 124 valence electrons. The van der Waals surface area contributed by atoms with Gasteiger partial charge in [-0.15, -0.1) is 0 Å². The fourth-order valence-corrected chi connectivity index (χ4v) is 1.89. The number of rotatable bonds is 5. The van der Waals surface area contributed by atoms with Crippen molar-refractivity contribution < 1.29 is 33.3 Å². The highest BCUT2D eigenvalue weighted by Gasteiger charge is 2.26. The Bertz CT molecular complexity index is 628. The van der Waals surface area contributed by atoms with Gasteiger partial charge in [-0.25, -0.2) is 4.79 Å². The maximum atomic E-state index is 12.4. The van der Waals surface area contributed by atoms with Gasteiger partial charge in [-0.3, -0.25) is 9.59 Å². The van der Waals surface area contributed by atoms with Crippen molar-refractivity contribution in [2.24, 2.45) is 0 Å². The fraction of sp³-hybridized carbons (Fsp3) is 0.400. The molecular formula is C15H17NO7. The predicted molar refractivity (Wildman–Crippen MR) is 77.2 cm³/mol. The molecule has 0 radical (unpaired) electrons. The molecule has 1 unspecified atom stereocenters. The number of hydrogen-bond acceptors (Lipinski definition) is 7. The Labute approximate surface area is 132 Å². The van der Waals surface area contributed by atoms with E-state index in [-0.39, 0.29) is 12.6 Å². The molecule has 0 aromatic heterocycles.